The number of amides is 1. The molecule has 2 atom stereocenters. The largest absolute Gasteiger partial charge is 0.416 e. The first-order chi connectivity index (χ1) is 14.2. The molecular weight excluding hydrogens is 391 g/mol. The number of anilines is 1. The fourth-order valence-corrected chi connectivity index (χ4v) is 3.79. The standard InChI is InChI=1S/C23H28F3N3O/c1-29(2)20-11-6-17(7-12-20)13-28-22(30)21-15-27-14-18(21)8-3-16-4-9-19(10-5-16)23(24,25)26/h4-7,9-12,18,21,27H,3,8,13-15H2,1-2H3,(H,28,30)/t18-,21-/m1/s1. The maximum atomic E-state index is 12.7. The molecule has 1 heterocycles. The smallest absolute Gasteiger partial charge is 0.378 e. The zero-order chi connectivity index (χ0) is 21.7. The summed E-state index contributed by atoms with van der Waals surface area (Å²) >= 11 is 0. The first-order valence-electron chi connectivity index (χ1n) is 10.1. The van der Waals surface area contributed by atoms with E-state index in [-0.39, 0.29) is 17.7 Å². The summed E-state index contributed by atoms with van der Waals surface area (Å²) in [4.78, 5) is 14.7. The number of benzene rings is 2. The van der Waals surface area contributed by atoms with Gasteiger partial charge in [0, 0.05) is 32.9 Å². The summed E-state index contributed by atoms with van der Waals surface area (Å²) in [6.45, 7) is 1.86. The molecule has 0 spiro atoms. The Morgan fingerprint density at radius 2 is 1.67 bits per heavy atom. The monoisotopic (exact) mass is 419 g/mol. The van der Waals surface area contributed by atoms with Crippen LogP contribution in [0.3, 0.4) is 0 Å². The molecule has 1 aliphatic rings. The molecule has 30 heavy (non-hydrogen) atoms. The molecule has 0 aliphatic carbocycles. The van der Waals surface area contributed by atoms with Crippen molar-refractivity contribution >= 4 is 11.6 Å². The van der Waals surface area contributed by atoms with Crippen LogP contribution in [0.4, 0.5) is 18.9 Å². The van der Waals surface area contributed by atoms with Gasteiger partial charge in [-0.15, -0.1) is 0 Å². The molecule has 0 bridgehead atoms. The molecule has 2 aromatic rings. The van der Waals surface area contributed by atoms with Crippen molar-refractivity contribution < 1.29 is 18.0 Å². The SMILES string of the molecule is CN(C)c1ccc(CNC(=O)[C@@H]2CNC[C@H]2CCc2ccc(C(F)(F)F)cc2)cc1. The van der Waals surface area contributed by atoms with E-state index in [1.54, 1.807) is 0 Å². The second kappa shape index (κ2) is 9.51. The summed E-state index contributed by atoms with van der Waals surface area (Å²) in [5, 5.41) is 6.30. The van der Waals surface area contributed by atoms with Crippen LogP contribution in [0.5, 0.6) is 0 Å². The van der Waals surface area contributed by atoms with Gasteiger partial charge in [0.2, 0.25) is 5.91 Å². The zero-order valence-electron chi connectivity index (χ0n) is 17.3. The highest BCUT2D eigenvalue weighted by Crippen LogP contribution is 2.30. The first kappa shape index (κ1) is 22.2. The number of aryl methyl sites for hydroxylation is 1. The number of hydrogen-bond acceptors (Lipinski definition) is 3. The van der Waals surface area contributed by atoms with Crippen molar-refractivity contribution in [1.29, 1.82) is 0 Å². The van der Waals surface area contributed by atoms with E-state index in [1.807, 2.05) is 43.3 Å². The van der Waals surface area contributed by atoms with Gasteiger partial charge in [-0.3, -0.25) is 4.79 Å². The van der Waals surface area contributed by atoms with Crippen molar-refractivity contribution in [2.45, 2.75) is 25.6 Å². The van der Waals surface area contributed by atoms with Crippen LogP contribution in [0.25, 0.3) is 0 Å². The van der Waals surface area contributed by atoms with Crippen molar-refractivity contribution in [2.75, 3.05) is 32.1 Å². The lowest BCUT2D eigenvalue weighted by Crippen LogP contribution is -2.34. The van der Waals surface area contributed by atoms with E-state index in [0.717, 1.165) is 41.9 Å². The van der Waals surface area contributed by atoms with Crippen molar-refractivity contribution in [2.24, 2.45) is 11.8 Å². The Bertz CT molecular complexity index is 832. The predicted molar refractivity (Wildman–Crippen MR) is 112 cm³/mol. The van der Waals surface area contributed by atoms with Crippen LogP contribution in [-0.2, 0) is 23.9 Å². The van der Waals surface area contributed by atoms with Crippen LogP contribution in [0, 0.1) is 11.8 Å². The van der Waals surface area contributed by atoms with Gasteiger partial charge in [0.05, 0.1) is 11.5 Å². The third-order valence-corrected chi connectivity index (χ3v) is 5.68. The average Bonchev–Trinajstić information content (AvgIpc) is 3.19. The topological polar surface area (TPSA) is 44.4 Å². The van der Waals surface area contributed by atoms with Gasteiger partial charge >= 0.3 is 6.18 Å². The lowest BCUT2D eigenvalue weighted by atomic mass is 9.89. The molecule has 1 fully saturated rings. The van der Waals surface area contributed by atoms with Gasteiger partial charge in [0.1, 0.15) is 0 Å². The zero-order valence-corrected chi connectivity index (χ0v) is 17.3. The van der Waals surface area contributed by atoms with Gasteiger partial charge in [-0.1, -0.05) is 24.3 Å². The number of nitrogens with one attached hydrogen (secondary N) is 2. The van der Waals surface area contributed by atoms with E-state index in [4.69, 9.17) is 0 Å². The Hall–Kier alpha value is -2.54. The van der Waals surface area contributed by atoms with E-state index in [9.17, 15) is 18.0 Å². The highest BCUT2D eigenvalue weighted by Gasteiger charge is 2.33. The van der Waals surface area contributed by atoms with Gasteiger partial charge in [-0.05, 0) is 60.7 Å². The maximum absolute atomic E-state index is 12.7. The van der Waals surface area contributed by atoms with E-state index >= 15 is 0 Å². The van der Waals surface area contributed by atoms with Crippen molar-refractivity contribution in [3.8, 4) is 0 Å². The number of carbonyl (C=O) groups excluding carboxylic acids is 1. The van der Waals surface area contributed by atoms with Crippen LogP contribution in [0.15, 0.2) is 48.5 Å². The summed E-state index contributed by atoms with van der Waals surface area (Å²) in [5.41, 5.74) is 2.37. The number of rotatable bonds is 7. The fourth-order valence-electron chi connectivity index (χ4n) is 3.79. The van der Waals surface area contributed by atoms with Crippen molar-refractivity contribution in [3.05, 3.63) is 65.2 Å². The molecule has 3 rings (SSSR count). The molecule has 0 saturated carbocycles. The molecule has 2 aromatic carbocycles. The molecule has 1 aliphatic heterocycles. The van der Waals surface area contributed by atoms with Crippen molar-refractivity contribution in [3.63, 3.8) is 0 Å². The third-order valence-electron chi connectivity index (χ3n) is 5.68. The molecule has 1 saturated heterocycles. The minimum atomic E-state index is -4.32. The number of alkyl halides is 3. The second-order valence-electron chi connectivity index (χ2n) is 8.04. The predicted octanol–water partition coefficient (Wildman–Crippen LogP) is 3.86. The van der Waals surface area contributed by atoms with E-state index < -0.39 is 11.7 Å². The number of carbonyl (C=O) groups is 1. The molecule has 0 aromatic heterocycles. The molecule has 0 radical (unpaired) electrons. The summed E-state index contributed by atoms with van der Waals surface area (Å²) in [7, 11) is 3.96. The Labute approximate surface area is 175 Å². The number of nitrogens with zero attached hydrogens (tertiary/aromatic N) is 1. The number of halogens is 3. The lowest BCUT2D eigenvalue weighted by Gasteiger charge is -2.19. The molecule has 0 unspecified atom stereocenters. The minimum absolute atomic E-state index is 0.0223. The van der Waals surface area contributed by atoms with Crippen LogP contribution in [0.2, 0.25) is 0 Å². The summed E-state index contributed by atoms with van der Waals surface area (Å²) in [6.07, 6.45) is -2.90. The van der Waals surface area contributed by atoms with Crippen LogP contribution in [-0.4, -0.2) is 33.1 Å². The highest BCUT2D eigenvalue weighted by atomic mass is 19.4. The Kier molecular flexibility index (Phi) is 7.02. The molecule has 7 heteroatoms. The summed E-state index contributed by atoms with van der Waals surface area (Å²) in [5.74, 6) is 0.0676. The molecule has 1 amide bonds. The fraction of sp³-hybridized carbons (Fsp3) is 0.435. The Morgan fingerprint density at radius 1 is 1.03 bits per heavy atom. The molecule has 162 valence electrons. The summed E-state index contributed by atoms with van der Waals surface area (Å²) < 4.78 is 38.1. The minimum Gasteiger partial charge on any atom is -0.378 e. The highest BCUT2D eigenvalue weighted by molar-refractivity contribution is 5.79. The van der Waals surface area contributed by atoms with Gasteiger partial charge in [-0.2, -0.15) is 13.2 Å². The molecule has 2 N–H and O–H groups in total. The Morgan fingerprint density at radius 3 is 2.27 bits per heavy atom. The normalized spacial score (nSPS) is 19.0. The average molecular weight is 419 g/mol. The first-order valence-corrected chi connectivity index (χ1v) is 10.1. The molecule has 4 nitrogen and oxygen atoms in total. The molecular formula is C23H28F3N3O. The summed E-state index contributed by atoms with van der Waals surface area (Å²) in [6, 6.07) is 13.3. The van der Waals surface area contributed by atoms with Crippen LogP contribution >= 0.6 is 0 Å². The number of hydrogen-bond donors (Lipinski definition) is 2. The van der Waals surface area contributed by atoms with Gasteiger partial charge < -0.3 is 15.5 Å². The quantitative estimate of drug-likeness (QED) is 0.717. The van der Waals surface area contributed by atoms with E-state index in [0.29, 0.717) is 19.5 Å². The third kappa shape index (κ3) is 5.75. The van der Waals surface area contributed by atoms with E-state index in [2.05, 4.69) is 10.6 Å². The van der Waals surface area contributed by atoms with Gasteiger partial charge in [0.15, 0.2) is 0 Å². The van der Waals surface area contributed by atoms with E-state index in [1.165, 1.54) is 12.1 Å². The second-order valence-corrected chi connectivity index (χ2v) is 8.04. The van der Waals surface area contributed by atoms with Gasteiger partial charge in [-0.25, -0.2) is 0 Å². The van der Waals surface area contributed by atoms with Gasteiger partial charge in [0.25, 0.3) is 0 Å². The lowest BCUT2D eigenvalue weighted by molar-refractivity contribution is -0.137. The van der Waals surface area contributed by atoms with Crippen molar-refractivity contribution in [1.82, 2.24) is 10.6 Å². The maximum Gasteiger partial charge on any atom is 0.416 e. The Balaban J connectivity index is 1.50. The van der Waals surface area contributed by atoms with Crippen LogP contribution in [0.1, 0.15) is 23.1 Å². The van der Waals surface area contributed by atoms with Crippen LogP contribution < -0.4 is 15.5 Å².